The van der Waals surface area contributed by atoms with E-state index in [1.54, 1.807) is 0 Å². The molecule has 2 rings (SSSR count). The molecule has 19 heavy (non-hydrogen) atoms. The van der Waals surface area contributed by atoms with Gasteiger partial charge >= 0.3 is 6.09 Å². The number of hydrogen-bond acceptors (Lipinski definition) is 8. The van der Waals surface area contributed by atoms with Crippen molar-refractivity contribution in [1.82, 2.24) is 20.1 Å². The normalized spacial score (nSPS) is 14.7. The summed E-state index contributed by atoms with van der Waals surface area (Å²) in [4.78, 5) is 41.3. The van der Waals surface area contributed by atoms with Crippen LogP contribution in [0, 0.1) is 0 Å². The number of anilines is 1. The molecule has 0 aliphatic carbocycles. The van der Waals surface area contributed by atoms with E-state index >= 15 is 0 Å². The molecule has 1 aromatic rings. The van der Waals surface area contributed by atoms with E-state index in [-0.39, 0.29) is 34.7 Å². The van der Waals surface area contributed by atoms with Gasteiger partial charge in [0.05, 0.1) is 0 Å². The average Bonchev–Trinajstić information content (AvgIpc) is 2.71. The first-order valence-electron chi connectivity index (χ1n) is 5.13. The molecule has 1 aliphatic rings. The Kier molecular flexibility index (Phi) is 3.25. The molecular weight excluding hydrogens is 258 g/mol. The van der Waals surface area contributed by atoms with Gasteiger partial charge in [0.2, 0.25) is 0 Å². The van der Waals surface area contributed by atoms with Gasteiger partial charge in [0.15, 0.2) is 5.82 Å². The zero-order valence-electron chi connectivity index (χ0n) is 9.52. The number of rotatable bonds is 2. The summed E-state index contributed by atoms with van der Waals surface area (Å²) in [6, 6.07) is 0. The third-order valence-electron chi connectivity index (χ3n) is 2.25. The summed E-state index contributed by atoms with van der Waals surface area (Å²) in [7, 11) is 0. The van der Waals surface area contributed by atoms with E-state index in [1.165, 1.54) is 12.4 Å². The zero-order chi connectivity index (χ0) is 14.0. The van der Waals surface area contributed by atoms with Crippen LogP contribution < -0.4 is 10.5 Å². The van der Waals surface area contributed by atoms with E-state index in [1.807, 2.05) is 0 Å². The molecule has 2 heterocycles. The summed E-state index contributed by atoms with van der Waals surface area (Å²) in [5.74, 6) is -1.94. The van der Waals surface area contributed by atoms with E-state index in [2.05, 4.69) is 14.7 Å². The minimum atomic E-state index is -1.39. The third-order valence-corrected chi connectivity index (χ3v) is 2.25. The fourth-order valence-corrected chi connectivity index (χ4v) is 1.40. The van der Waals surface area contributed by atoms with Gasteiger partial charge < -0.3 is 10.5 Å². The van der Waals surface area contributed by atoms with Gasteiger partial charge in [-0.2, -0.15) is 5.01 Å². The number of hydroxylamine groups is 1. The number of hydrogen-bond donors (Lipinski definition) is 2. The van der Waals surface area contributed by atoms with E-state index in [9.17, 15) is 19.6 Å². The molecule has 0 unspecified atom stereocenters. The van der Waals surface area contributed by atoms with Crippen LogP contribution in [0.3, 0.4) is 0 Å². The number of hydrazine groups is 1. The predicted molar refractivity (Wildman–Crippen MR) is 57.2 cm³/mol. The summed E-state index contributed by atoms with van der Waals surface area (Å²) in [6.45, 7) is 0. The van der Waals surface area contributed by atoms with Gasteiger partial charge in [-0.3, -0.25) is 14.8 Å². The maximum atomic E-state index is 11.5. The maximum absolute atomic E-state index is 11.5. The summed E-state index contributed by atoms with van der Waals surface area (Å²) in [5, 5.41) is 9.53. The van der Waals surface area contributed by atoms with Crippen LogP contribution in [0.25, 0.3) is 0 Å². The quantitative estimate of drug-likeness (QED) is 0.408. The van der Waals surface area contributed by atoms with Crippen molar-refractivity contribution in [2.24, 2.45) is 0 Å². The molecule has 0 spiro atoms. The molecule has 1 saturated heterocycles. The number of amides is 3. The van der Waals surface area contributed by atoms with Crippen molar-refractivity contribution in [2.75, 3.05) is 5.73 Å². The largest absolute Gasteiger partial charge is 0.461 e. The van der Waals surface area contributed by atoms with Gasteiger partial charge in [-0.25, -0.2) is 14.8 Å². The Hall–Kier alpha value is -2.75. The lowest BCUT2D eigenvalue weighted by Gasteiger charge is -2.21. The minimum absolute atomic E-state index is 0.0869. The van der Waals surface area contributed by atoms with Crippen molar-refractivity contribution in [1.29, 1.82) is 0 Å². The molecule has 10 nitrogen and oxygen atoms in total. The summed E-state index contributed by atoms with van der Waals surface area (Å²) >= 11 is 0. The Balaban J connectivity index is 2.10. The topological polar surface area (TPSA) is 139 Å². The molecule has 1 aromatic heterocycles. The van der Waals surface area contributed by atoms with Crippen molar-refractivity contribution in [3.05, 3.63) is 12.4 Å². The standard InChI is InChI=1S/C9H9N5O5/c10-7-8(12-4-3-11-7)19-9(17)14(18)13-5(15)1-2-6(13)16/h3-4,18H,1-2H2,(H2,10,11). The SMILES string of the molecule is Nc1nccnc1OC(=O)N(O)N1C(=O)CCC1=O. The lowest BCUT2D eigenvalue weighted by atomic mass is 10.4. The number of carbonyl (C=O) groups excluding carboxylic acids is 3. The molecular formula is C9H9N5O5. The third kappa shape index (κ3) is 2.42. The lowest BCUT2D eigenvalue weighted by molar-refractivity contribution is -0.207. The molecule has 10 heteroatoms. The Labute approximate surface area is 106 Å². The van der Waals surface area contributed by atoms with E-state index in [0.29, 0.717) is 0 Å². The smallest absolute Gasteiger partial charge is 0.384 e. The Bertz CT molecular complexity index is 532. The number of nitrogens with zero attached hydrogens (tertiary/aromatic N) is 4. The van der Waals surface area contributed by atoms with Gasteiger partial charge in [-0.15, -0.1) is 0 Å². The van der Waals surface area contributed by atoms with Crippen LogP contribution in [0.15, 0.2) is 12.4 Å². The Morgan fingerprint density at radius 1 is 1.32 bits per heavy atom. The van der Waals surface area contributed by atoms with Crippen molar-refractivity contribution in [2.45, 2.75) is 12.8 Å². The molecule has 0 bridgehead atoms. The fourth-order valence-electron chi connectivity index (χ4n) is 1.40. The molecule has 3 N–H and O–H groups in total. The number of nitrogen functional groups attached to an aromatic ring is 1. The highest BCUT2D eigenvalue weighted by molar-refractivity contribution is 6.02. The molecule has 100 valence electrons. The van der Waals surface area contributed by atoms with E-state index in [0.717, 1.165) is 0 Å². The van der Waals surface area contributed by atoms with Gasteiger partial charge in [-0.05, 0) is 0 Å². The van der Waals surface area contributed by atoms with Crippen molar-refractivity contribution >= 4 is 23.7 Å². The van der Waals surface area contributed by atoms with Gasteiger partial charge in [-0.1, -0.05) is 5.17 Å². The molecule has 0 radical (unpaired) electrons. The highest BCUT2D eigenvalue weighted by Gasteiger charge is 2.37. The van der Waals surface area contributed by atoms with Crippen LogP contribution in [0.1, 0.15) is 12.8 Å². The van der Waals surface area contributed by atoms with Gasteiger partial charge in [0.1, 0.15) is 0 Å². The second-order valence-corrected chi connectivity index (χ2v) is 3.50. The Morgan fingerprint density at radius 2 is 1.89 bits per heavy atom. The number of ether oxygens (including phenoxy) is 1. The average molecular weight is 267 g/mol. The number of carbonyl (C=O) groups is 3. The molecule has 3 amide bonds. The number of imide groups is 1. The van der Waals surface area contributed by atoms with Crippen LogP contribution in [-0.2, 0) is 9.59 Å². The zero-order valence-corrected chi connectivity index (χ0v) is 9.52. The first kappa shape index (κ1) is 12.7. The molecule has 1 fully saturated rings. The van der Waals surface area contributed by atoms with Crippen LogP contribution in [-0.4, -0.2) is 43.3 Å². The van der Waals surface area contributed by atoms with Crippen molar-refractivity contribution in [3.63, 3.8) is 0 Å². The van der Waals surface area contributed by atoms with E-state index < -0.39 is 17.9 Å². The summed E-state index contributed by atoms with van der Waals surface area (Å²) < 4.78 is 4.61. The number of nitrogens with two attached hydrogens (primary N) is 1. The van der Waals surface area contributed by atoms with Crippen molar-refractivity contribution in [3.8, 4) is 5.88 Å². The van der Waals surface area contributed by atoms with Crippen LogP contribution in [0.2, 0.25) is 0 Å². The van der Waals surface area contributed by atoms with Gasteiger partial charge in [0, 0.05) is 25.2 Å². The first-order valence-corrected chi connectivity index (χ1v) is 5.13. The Morgan fingerprint density at radius 3 is 2.47 bits per heavy atom. The second kappa shape index (κ2) is 4.86. The van der Waals surface area contributed by atoms with E-state index in [4.69, 9.17) is 5.73 Å². The molecule has 0 aromatic carbocycles. The predicted octanol–water partition coefficient (Wildman–Crippen LogP) is -0.687. The van der Waals surface area contributed by atoms with Crippen molar-refractivity contribution < 1.29 is 24.3 Å². The van der Waals surface area contributed by atoms with Gasteiger partial charge in [0.25, 0.3) is 17.7 Å². The van der Waals surface area contributed by atoms with Crippen LogP contribution in [0.4, 0.5) is 10.6 Å². The lowest BCUT2D eigenvalue weighted by Crippen LogP contribution is -2.48. The highest BCUT2D eigenvalue weighted by Crippen LogP contribution is 2.17. The monoisotopic (exact) mass is 267 g/mol. The molecule has 1 aliphatic heterocycles. The number of aromatic nitrogens is 2. The highest BCUT2D eigenvalue weighted by atomic mass is 16.7. The van der Waals surface area contributed by atoms with Crippen LogP contribution >= 0.6 is 0 Å². The summed E-state index contributed by atoms with van der Waals surface area (Å²) in [5.41, 5.74) is 5.38. The first-order chi connectivity index (χ1) is 9.00. The maximum Gasteiger partial charge on any atom is 0.461 e. The second-order valence-electron chi connectivity index (χ2n) is 3.50. The molecule has 0 saturated carbocycles. The van der Waals surface area contributed by atoms with Crippen LogP contribution in [0.5, 0.6) is 5.88 Å². The fraction of sp³-hybridized carbons (Fsp3) is 0.222. The summed E-state index contributed by atoms with van der Waals surface area (Å²) in [6.07, 6.45) is 0.923. The molecule has 0 atom stereocenters. The minimum Gasteiger partial charge on any atom is -0.384 e.